The molecule has 0 unspecified atom stereocenters. The van der Waals surface area contributed by atoms with Crippen molar-refractivity contribution < 1.29 is 19.7 Å². The van der Waals surface area contributed by atoms with Crippen molar-refractivity contribution in [3.05, 3.63) is 53.6 Å². The first-order chi connectivity index (χ1) is 12.4. The number of methoxy groups -OCH3 is 1. The Morgan fingerprint density at radius 2 is 1.88 bits per heavy atom. The molecule has 2 aromatic rings. The number of carbonyl (C=O) groups is 1. The second kappa shape index (κ2) is 9.22. The van der Waals surface area contributed by atoms with Crippen LogP contribution in [0.2, 0.25) is 0 Å². The number of rotatable bonds is 8. The Bertz CT molecular complexity index is 731. The van der Waals surface area contributed by atoms with Gasteiger partial charge in [0.05, 0.1) is 18.9 Å². The molecule has 0 radical (unpaired) electrons. The van der Waals surface area contributed by atoms with E-state index < -0.39 is 6.10 Å². The van der Waals surface area contributed by atoms with E-state index in [1.54, 1.807) is 19.2 Å². The van der Waals surface area contributed by atoms with Crippen LogP contribution in [-0.4, -0.2) is 35.8 Å². The predicted octanol–water partition coefficient (Wildman–Crippen LogP) is 2.61. The zero-order valence-corrected chi connectivity index (χ0v) is 15.3. The van der Waals surface area contributed by atoms with E-state index in [9.17, 15) is 15.0 Å². The third kappa shape index (κ3) is 5.75. The molecule has 0 bridgehead atoms. The molecule has 0 saturated carbocycles. The minimum Gasteiger partial charge on any atom is -0.506 e. The molecule has 0 aliphatic rings. The van der Waals surface area contributed by atoms with E-state index in [1.165, 1.54) is 18.6 Å². The van der Waals surface area contributed by atoms with Crippen molar-refractivity contribution >= 4 is 11.6 Å². The number of nitrogens with one attached hydrogen (secondary N) is 2. The first kappa shape index (κ1) is 19.8. The Morgan fingerprint density at radius 3 is 2.50 bits per heavy atom. The van der Waals surface area contributed by atoms with E-state index >= 15 is 0 Å². The fourth-order valence-corrected chi connectivity index (χ4v) is 2.67. The lowest BCUT2D eigenvalue weighted by Crippen LogP contribution is -2.32. The molecule has 140 valence electrons. The Balaban J connectivity index is 1.90. The Hall–Kier alpha value is -2.57. The molecule has 0 saturated heterocycles. The summed E-state index contributed by atoms with van der Waals surface area (Å²) >= 11 is 0. The van der Waals surface area contributed by atoms with Crippen LogP contribution in [0.3, 0.4) is 0 Å². The number of hydrogen-bond donors (Lipinski definition) is 4. The van der Waals surface area contributed by atoms with Gasteiger partial charge in [0, 0.05) is 19.5 Å². The number of amides is 1. The number of ether oxygens (including phenoxy) is 1. The minimum atomic E-state index is -0.749. The second-order valence-corrected chi connectivity index (χ2v) is 6.34. The lowest BCUT2D eigenvalue weighted by Gasteiger charge is -2.18. The van der Waals surface area contributed by atoms with Gasteiger partial charge in [-0.25, -0.2) is 0 Å². The van der Waals surface area contributed by atoms with Crippen molar-refractivity contribution in [3.8, 4) is 11.5 Å². The van der Waals surface area contributed by atoms with Crippen LogP contribution in [0, 0.1) is 0 Å². The molecule has 26 heavy (non-hydrogen) atoms. The molecule has 2 aromatic carbocycles. The summed E-state index contributed by atoms with van der Waals surface area (Å²) in [6.07, 6.45) is 0.0742. The number of aliphatic hydroxyl groups excluding tert-OH is 1. The second-order valence-electron chi connectivity index (χ2n) is 6.34. The van der Waals surface area contributed by atoms with Gasteiger partial charge in [0.1, 0.15) is 11.5 Å². The normalized spacial score (nSPS) is 13.1. The molecule has 4 N–H and O–H groups in total. The van der Waals surface area contributed by atoms with Crippen molar-refractivity contribution in [1.82, 2.24) is 5.32 Å². The van der Waals surface area contributed by atoms with Crippen LogP contribution in [0.4, 0.5) is 5.69 Å². The first-order valence-corrected chi connectivity index (χ1v) is 8.54. The molecule has 6 nitrogen and oxygen atoms in total. The van der Waals surface area contributed by atoms with Gasteiger partial charge in [0.2, 0.25) is 5.91 Å². The molecule has 0 aliphatic carbocycles. The van der Waals surface area contributed by atoms with Gasteiger partial charge in [-0.2, -0.15) is 0 Å². The van der Waals surface area contributed by atoms with Gasteiger partial charge in [-0.15, -0.1) is 0 Å². The molecule has 0 fully saturated rings. The van der Waals surface area contributed by atoms with Crippen molar-refractivity contribution in [2.75, 3.05) is 19.0 Å². The smallest absolute Gasteiger partial charge is 0.221 e. The zero-order chi connectivity index (χ0) is 19.1. The van der Waals surface area contributed by atoms with Crippen molar-refractivity contribution in [3.63, 3.8) is 0 Å². The fourth-order valence-electron chi connectivity index (χ4n) is 2.67. The number of carbonyl (C=O) groups excluding carboxylic acids is 1. The van der Waals surface area contributed by atoms with Gasteiger partial charge in [-0.05, 0) is 48.7 Å². The Labute approximate surface area is 153 Å². The number of anilines is 1. The molecule has 0 heterocycles. The summed E-state index contributed by atoms with van der Waals surface area (Å²) in [7, 11) is 1.64. The number of phenols is 1. The molecule has 2 rings (SSSR count). The van der Waals surface area contributed by atoms with Crippen LogP contribution >= 0.6 is 0 Å². The van der Waals surface area contributed by atoms with Gasteiger partial charge < -0.3 is 25.6 Å². The zero-order valence-electron chi connectivity index (χ0n) is 15.3. The van der Waals surface area contributed by atoms with Crippen LogP contribution < -0.4 is 15.4 Å². The fraction of sp³-hybridized carbons (Fsp3) is 0.350. The van der Waals surface area contributed by atoms with E-state index in [2.05, 4.69) is 17.6 Å². The van der Waals surface area contributed by atoms with Crippen LogP contribution in [0.25, 0.3) is 0 Å². The van der Waals surface area contributed by atoms with Gasteiger partial charge in [-0.3, -0.25) is 4.79 Å². The summed E-state index contributed by atoms with van der Waals surface area (Å²) in [5.74, 6) is 0.516. The summed E-state index contributed by atoms with van der Waals surface area (Å²) in [6, 6.07) is 12.8. The quantitative estimate of drug-likeness (QED) is 0.545. The van der Waals surface area contributed by atoms with Crippen molar-refractivity contribution in [2.45, 2.75) is 32.4 Å². The lowest BCUT2D eigenvalue weighted by atomic mass is 10.1. The largest absolute Gasteiger partial charge is 0.506 e. The third-order valence-corrected chi connectivity index (χ3v) is 4.08. The van der Waals surface area contributed by atoms with Gasteiger partial charge in [0.15, 0.2) is 0 Å². The molecular weight excluding hydrogens is 332 g/mol. The number of aromatic hydroxyl groups is 1. The molecule has 1 amide bonds. The van der Waals surface area contributed by atoms with E-state index in [0.717, 1.165) is 12.2 Å². The van der Waals surface area contributed by atoms with Crippen LogP contribution in [-0.2, 0) is 11.2 Å². The van der Waals surface area contributed by atoms with Crippen LogP contribution in [0.1, 0.15) is 31.1 Å². The number of benzene rings is 2. The SMILES string of the molecule is COc1ccc(C[C@@H](C)NC[C@H](O)c2ccc(O)c(NC(C)=O)c2)cc1. The Kier molecular flexibility index (Phi) is 7.00. The van der Waals surface area contributed by atoms with Gasteiger partial charge in [-0.1, -0.05) is 18.2 Å². The molecular formula is C20H26N2O4. The summed E-state index contributed by atoms with van der Waals surface area (Å²) in [5.41, 5.74) is 2.09. The highest BCUT2D eigenvalue weighted by Gasteiger charge is 2.13. The first-order valence-electron chi connectivity index (χ1n) is 8.54. The standard InChI is InChI=1S/C20H26N2O4/c1-13(10-15-4-7-17(26-3)8-5-15)21-12-20(25)16-6-9-19(24)18(11-16)22-14(2)23/h4-9,11,13,20-21,24-25H,10,12H2,1-3H3,(H,22,23)/t13-,20+/m1/s1. The lowest BCUT2D eigenvalue weighted by molar-refractivity contribution is -0.114. The van der Waals surface area contributed by atoms with E-state index in [1.807, 2.05) is 24.3 Å². The average Bonchev–Trinajstić information content (AvgIpc) is 2.62. The average molecular weight is 358 g/mol. The predicted molar refractivity (Wildman–Crippen MR) is 102 cm³/mol. The highest BCUT2D eigenvalue weighted by atomic mass is 16.5. The summed E-state index contributed by atoms with van der Waals surface area (Å²) in [4.78, 5) is 11.2. The molecule has 0 aliphatic heterocycles. The Morgan fingerprint density at radius 1 is 1.19 bits per heavy atom. The van der Waals surface area contributed by atoms with Crippen LogP contribution in [0.15, 0.2) is 42.5 Å². The highest BCUT2D eigenvalue weighted by molar-refractivity contribution is 5.90. The number of phenolic OH excluding ortho intramolecular Hbond substituents is 1. The van der Waals surface area contributed by atoms with Gasteiger partial charge in [0.25, 0.3) is 0 Å². The van der Waals surface area contributed by atoms with E-state index in [4.69, 9.17) is 4.74 Å². The maximum absolute atomic E-state index is 11.2. The number of hydrogen-bond acceptors (Lipinski definition) is 5. The van der Waals surface area contributed by atoms with Crippen molar-refractivity contribution in [2.24, 2.45) is 0 Å². The third-order valence-electron chi connectivity index (χ3n) is 4.08. The summed E-state index contributed by atoms with van der Waals surface area (Å²) in [5, 5.41) is 26.0. The molecule has 2 atom stereocenters. The monoisotopic (exact) mass is 358 g/mol. The van der Waals surface area contributed by atoms with E-state index in [-0.39, 0.29) is 17.7 Å². The molecule has 0 spiro atoms. The van der Waals surface area contributed by atoms with Gasteiger partial charge >= 0.3 is 0 Å². The molecule has 6 heteroatoms. The summed E-state index contributed by atoms with van der Waals surface area (Å²) in [6.45, 7) is 3.78. The summed E-state index contributed by atoms with van der Waals surface area (Å²) < 4.78 is 5.15. The van der Waals surface area contributed by atoms with E-state index in [0.29, 0.717) is 17.8 Å². The molecule has 0 aromatic heterocycles. The minimum absolute atomic E-state index is 0.0306. The highest BCUT2D eigenvalue weighted by Crippen LogP contribution is 2.27. The van der Waals surface area contributed by atoms with Crippen molar-refractivity contribution in [1.29, 1.82) is 0 Å². The maximum Gasteiger partial charge on any atom is 0.221 e. The topological polar surface area (TPSA) is 90.8 Å². The van der Waals surface area contributed by atoms with Crippen LogP contribution in [0.5, 0.6) is 11.5 Å². The number of aliphatic hydroxyl groups is 1. The maximum atomic E-state index is 11.2.